The number of benzene rings is 1. The molecule has 100 valence electrons. The number of halogens is 2. The first-order chi connectivity index (χ1) is 8.90. The van der Waals surface area contributed by atoms with Crippen LogP contribution in [0.15, 0.2) is 22.6 Å². The number of oxazole rings is 1. The smallest absolute Gasteiger partial charge is 0.228 e. The van der Waals surface area contributed by atoms with Crippen molar-refractivity contribution in [2.24, 2.45) is 0 Å². The number of carbonyl (C=O) groups is 1. The maximum Gasteiger partial charge on any atom is 0.228 e. The van der Waals surface area contributed by atoms with E-state index in [0.29, 0.717) is 33.0 Å². The molecule has 1 aromatic carbocycles. The summed E-state index contributed by atoms with van der Waals surface area (Å²) in [5.74, 6) is 0.874. The standard InChI is InChI=1S/C14H13Cl2NO2/c1-7(2)13-12(8(3)18)17-14(19-13)10-5-4-9(15)6-11(10)16/h4-7H,1-3H3. The molecule has 1 heterocycles. The summed E-state index contributed by atoms with van der Waals surface area (Å²) in [6, 6.07) is 5.05. The molecule has 19 heavy (non-hydrogen) atoms. The van der Waals surface area contributed by atoms with Gasteiger partial charge in [0.25, 0.3) is 0 Å². The van der Waals surface area contributed by atoms with Crippen molar-refractivity contribution in [1.82, 2.24) is 4.98 Å². The molecule has 5 heteroatoms. The van der Waals surface area contributed by atoms with Crippen molar-refractivity contribution in [1.29, 1.82) is 0 Å². The second-order valence-corrected chi connectivity index (χ2v) is 5.41. The van der Waals surface area contributed by atoms with Crippen LogP contribution < -0.4 is 0 Å². The lowest BCUT2D eigenvalue weighted by Gasteiger charge is -2.01. The zero-order valence-corrected chi connectivity index (χ0v) is 12.3. The highest BCUT2D eigenvalue weighted by atomic mass is 35.5. The molecule has 0 spiro atoms. The average molecular weight is 298 g/mol. The molecule has 0 saturated carbocycles. The summed E-state index contributed by atoms with van der Waals surface area (Å²) >= 11 is 12.0. The van der Waals surface area contributed by atoms with E-state index in [0.717, 1.165) is 0 Å². The molecule has 0 aliphatic rings. The molecule has 0 unspecified atom stereocenters. The Bertz CT molecular complexity index is 632. The van der Waals surface area contributed by atoms with Crippen molar-refractivity contribution in [2.45, 2.75) is 26.7 Å². The quantitative estimate of drug-likeness (QED) is 0.751. The summed E-state index contributed by atoms with van der Waals surface area (Å²) in [6.45, 7) is 5.36. The molecule has 0 N–H and O–H groups in total. The monoisotopic (exact) mass is 297 g/mol. The molecule has 0 atom stereocenters. The Morgan fingerprint density at radius 1 is 1.32 bits per heavy atom. The maximum atomic E-state index is 11.6. The molecular formula is C14H13Cl2NO2. The van der Waals surface area contributed by atoms with E-state index in [1.807, 2.05) is 13.8 Å². The SMILES string of the molecule is CC(=O)c1nc(-c2ccc(Cl)cc2Cl)oc1C(C)C. The summed E-state index contributed by atoms with van der Waals surface area (Å²) in [7, 11) is 0. The van der Waals surface area contributed by atoms with Gasteiger partial charge in [-0.1, -0.05) is 37.0 Å². The minimum absolute atomic E-state index is 0.0752. The number of carbonyl (C=O) groups excluding carboxylic acids is 1. The molecule has 2 rings (SSSR count). The number of aromatic nitrogens is 1. The summed E-state index contributed by atoms with van der Waals surface area (Å²) in [5.41, 5.74) is 0.983. The fourth-order valence-corrected chi connectivity index (χ4v) is 2.24. The van der Waals surface area contributed by atoms with Crippen LogP contribution in [-0.2, 0) is 0 Å². The van der Waals surface area contributed by atoms with E-state index in [9.17, 15) is 4.79 Å². The number of Topliss-reactive ketones (excluding diaryl/α,β-unsaturated/α-hetero) is 1. The molecule has 0 saturated heterocycles. The molecule has 0 aliphatic carbocycles. The van der Waals surface area contributed by atoms with E-state index >= 15 is 0 Å². The van der Waals surface area contributed by atoms with Crippen LogP contribution in [0.4, 0.5) is 0 Å². The Labute approximate surface area is 121 Å². The van der Waals surface area contributed by atoms with E-state index in [1.54, 1.807) is 18.2 Å². The van der Waals surface area contributed by atoms with Crippen molar-refractivity contribution in [2.75, 3.05) is 0 Å². The van der Waals surface area contributed by atoms with E-state index in [1.165, 1.54) is 6.92 Å². The van der Waals surface area contributed by atoms with Gasteiger partial charge in [0, 0.05) is 17.9 Å². The van der Waals surface area contributed by atoms with Crippen LogP contribution in [0, 0.1) is 0 Å². The number of hydrogen-bond donors (Lipinski definition) is 0. The Morgan fingerprint density at radius 2 is 2.00 bits per heavy atom. The van der Waals surface area contributed by atoms with Crippen LogP contribution in [0.5, 0.6) is 0 Å². The highest BCUT2D eigenvalue weighted by Crippen LogP contribution is 2.33. The van der Waals surface area contributed by atoms with Crippen LogP contribution in [0.25, 0.3) is 11.5 Å². The zero-order valence-electron chi connectivity index (χ0n) is 10.8. The first-order valence-electron chi connectivity index (χ1n) is 5.87. The molecule has 0 amide bonds. The van der Waals surface area contributed by atoms with Gasteiger partial charge in [-0.15, -0.1) is 0 Å². The predicted octanol–water partition coefficient (Wildman–Crippen LogP) is 4.97. The predicted molar refractivity (Wildman–Crippen MR) is 76.1 cm³/mol. The lowest BCUT2D eigenvalue weighted by Crippen LogP contribution is -1.99. The van der Waals surface area contributed by atoms with Crippen LogP contribution in [0.1, 0.15) is 42.9 Å². The van der Waals surface area contributed by atoms with E-state index in [2.05, 4.69) is 4.98 Å². The first kappa shape index (κ1) is 14.1. The molecule has 0 fully saturated rings. The summed E-state index contributed by atoms with van der Waals surface area (Å²) in [6.07, 6.45) is 0. The van der Waals surface area contributed by atoms with Crippen molar-refractivity contribution < 1.29 is 9.21 Å². The Morgan fingerprint density at radius 3 is 2.47 bits per heavy atom. The molecule has 3 nitrogen and oxygen atoms in total. The number of rotatable bonds is 3. The number of nitrogens with zero attached hydrogens (tertiary/aromatic N) is 1. The Balaban J connectivity index is 2.57. The van der Waals surface area contributed by atoms with Gasteiger partial charge in [-0.25, -0.2) is 4.98 Å². The van der Waals surface area contributed by atoms with Gasteiger partial charge in [-0.2, -0.15) is 0 Å². The Kier molecular flexibility index (Phi) is 3.97. The van der Waals surface area contributed by atoms with Gasteiger partial charge in [-0.3, -0.25) is 4.79 Å². The van der Waals surface area contributed by atoms with Gasteiger partial charge < -0.3 is 4.42 Å². The molecule has 0 aliphatic heterocycles. The Hall–Kier alpha value is -1.32. The largest absolute Gasteiger partial charge is 0.440 e. The lowest BCUT2D eigenvalue weighted by molar-refractivity contribution is 0.101. The minimum atomic E-state index is -0.121. The van der Waals surface area contributed by atoms with Crippen molar-refractivity contribution in [3.8, 4) is 11.5 Å². The third-order valence-electron chi connectivity index (χ3n) is 2.67. The highest BCUT2D eigenvalue weighted by Gasteiger charge is 2.21. The molecule has 2 aromatic rings. The van der Waals surface area contributed by atoms with E-state index in [4.69, 9.17) is 27.6 Å². The topological polar surface area (TPSA) is 43.1 Å². The van der Waals surface area contributed by atoms with Crippen LogP contribution in [0.2, 0.25) is 10.0 Å². The lowest BCUT2D eigenvalue weighted by atomic mass is 10.1. The van der Waals surface area contributed by atoms with Gasteiger partial charge in [0.05, 0.1) is 10.6 Å². The fraction of sp³-hybridized carbons (Fsp3) is 0.286. The third-order valence-corrected chi connectivity index (χ3v) is 3.22. The second kappa shape index (κ2) is 5.35. The van der Waals surface area contributed by atoms with Gasteiger partial charge in [0.2, 0.25) is 5.89 Å². The van der Waals surface area contributed by atoms with Gasteiger partial charge in [0.15, 0.2) is 5.78 Å². The highest BCUT2D eigenvalue weighted by molar-refractivity contribution is 6.36. The maximum absolute atomic E-state index is 11.6. The number of ketones is 1. The first-order valence-corrected chi connectivity index (χ1v) is 6.62. The fourth-order valence-electron chi connectivity index (χ4n) is 1.75. The average Bonchev–Trinajstić information content (AvgIpc) is 2.73. The van der Waals surface area contributed by atoms with E-state index in [-0.39, 0.29) is 11.7 Å². The summed E-state index contributed by atoms with van der Waals surface area (Å²) in [4.78, 5) is 15.8. The van der Waals surface area contributed by atoms with Crippen LogP contribution >= 0.6 is 23.2 Å². The van der Waals surface area contributed by atoms with Crippen molar-refractivity contribution >= 4 is 29.0 Å². The number of hydrogen-bond acceptors (Lipinski definition) is 3. The zero-order chi connectivity index (χ0) is 14.2. The third kappa shape index (κ3) is 2.82. The molecule has 1 aromatic heterocycles. The molecule has 0 radical (unpaired) electrons. The van der Waals surface area contributed by atoms with Crippen molar-refractivity contribution in [3.63, 3.8) is 0 Å². The molecule has 0 bridgehead atoms. The summed E-state index contributed by atoms with van der Waals surface area (Å²) in [5, 5.41) is 0.982. The minimum Gasteiger partial charge on any atom is -0.440 e. The van der Waals surface area contributed by atoms with Crippen LogP contribution in [0.3, 0.4) is 0 Å². The van der Waals surface area contributed by atoms with E-state index < -0.39 is 0 Å². The molecular weight excluding hydrogens is 285 g/mol. The van der Waals surface area contributed by atoms with Crippen molar-refractivity contribution in [3.05, 3.63) is 39.7 Å². The van der Waals surface area contributed by atoms with Gasteiger partial charge in [0.1, 0.15) is 11.5 Å². The van der Waals surface area contributed by atoms with Gasteiger partial charge >= 0.3 is 0 Å². The van der Waals surface area contributed by atoms with Gasteiger partial charge in [-0.05, 0) is 18.2 Å². The van der Waals surface area contributed by atoms with Crippen LogP contribution in [-0.4, -0.2) is 10.8 Å². The summed E-state index contributed by atoms with van der Waals surface area (Å²) < 4.78 is 5.68. The normalized spacial score (nSPS) is 11.1. The second-order valence-electron chi connectivity index (χ2n) is 4.57.